The Labute approximate surface area is 114 Å². The van der Waals surface area contributed by atoms with E-state index in [4.69, 9.17) is 0 Å². The highest BCUT2D eigenvalue weighted by Crippen LogP contribution is 2.49. The number of hydrogen-bond donors (Lipinski definition) is 1. The van der Waals surface area contributed by atoms with Gasteiger partial charge >= 0.3 is 0 Å². The van der Waals surface area contributed by atoms with Gasteiger partial charge in [-0.15, -0.1) is 0 Å². The topological polar surface area (TPSA) is 52.2 Å². The molecule has 0 saturated carbocycles. The Bertz CT molecular complexity index is 521. The summed E-state index contributed by atoms with van der Waals surface area (Å²) in [6.07, 6.45) is 0. The molecular weight excluding hydrogens is 240 g/mol. The normalized spacial score (nSPS) is 20.1. The van der Waals surface area contributed by atoms with Crippen molar-refractivity contribution in [3.63, 3.8) is 0 Å². The third-order valence-electron chi connectivity index (χ3n) is 4.14. The molecule has 0 spiro atoms. The number of anilines is 1. The van der Waals surface area contributed by atoms with Crippen LogP contribution in [-0.4, -0.2) is 17.5 Å². The van der Waals surface area contributed by atoms with E-state index < -0.39 is 0 Å². The van der Waals surface area contributed by atoms with Gasteiger partial charge < -0.3 is 5.32 Å². The lowest BCUT2D eigenvalue weighted by atomic mass is 9.90. The van der Waals surface area contributed by atoms with Gasteiger partial charge in [0.25, 0.3) is 0 Å². The summed E-state index contributed by atoms with van der Waals surface area (Å²) in [5.74, 6) is -0.0873. The molecule has 4 nitrogen and oxygen atoms in total. The molecule has 0 bridgehead atoms. The van der Waals surface area contributed by atoms with E-state index in [0.29, 0.717) is 0 Å². The van der Waals surface area contributed by atoms with Crippen LogP contribution < -0.4 is 5.32 Å². The summed E-state index contributed by atoms with van der Waals surface area (Å²) in [6.45, 7) is 9.48. The van der Waals surface area contributed by atoms with E-state index in [9.17, 15) is 9.90 Å². The zero-order chi connectivity index (χ0) is 14.4. The summed E-state index contributed by atoms with van der Waals surface area (Å²) in [6, 6.07) is 5.89. The van der Waals surface area contributed by atoms with Crippen LogP contribution in [0, 0.1) is 0 Å². The average molecular weight is 261 g/mol. The Hall–Kier alpha value is -1.39. The van der Waals surface area contributed by atoms with Crippen LogP contribution in [0.1, 0.15) is 45.7 Å². The number of benzene rings is 1. The monoisotopic (exact) mass is 261 g/mol. The molecule has 103 valence electrons. The molecule has 1 aliphatic heterocycles. The van der Waals surface area contributed by atoms with E-state index in [1.54, 1.807) is 0 Å². The smallest absolute Gasteiger partial charge is 0.221 e. The van der Waals surface area contributed by atoms with Gasteiger partial charge in [-0.25, -0.2) is 5.11 Å². The Morgan fingerprint density at radius 1 is 1.16 bits per heavy atom. The predicted molar refractivity (Wildman–Crippen MR) is 74.2 cm³/mol. The van der Waals surface area contributed by atoms with Crippen LogP contribution >= 0.6 is 0 Å². The van der Waals surface area contributed by atoms with Crippen molar-refractivity contribution in [2.45, 2.75) is 45.7 Å². The Balaban J connectivity index is 2.55. The van der Waals surface area contributed by atoms with E-state index >= 15 is 0 Å². The van der Waals surface area contributed by atoms with E-state index in [-0.39, 0.29) is 23.7 Å². The third kappa shape index (κ3) is 2.05. The highest BCUT2D eigenvalue weighted by Gasteiger charge is 2.48. The fourth-order valence-electron chi connectivity index (χ4n) is 3.18. The number of nitrogens with one attached hydrogen (secondary N) is 1. The van der Waals surface area contributed by atoms with Crippen molar-refractivity contribution >= 4 is 11.6 Å². The minimum atomic E-state index is -0.324. The number of nitrogens with zero attached hydrogens (tertiary/aromatic N) is 1. The second kappa shape index (κ2) is 4.32. The van der Waals surface area contributed by atoms with E-state index in [1.165, 1.54) is 6.92 Å². The molecule has 4 heteroatoms. The van der Waals surface area contributed by atoms with Crippen molar-refractivity contribution in [1.29, 1.82) is 0 Å². The molecule has 19 heavy (non-hydrogen) atoms. The van der Waals surface area contributed by atoms with Crippen molar-refractivity contribution in [3.05, 3.63) is 29.3 Å². The van der Waals surface area contributed by atoms with Gasteiger partial charge in [-0.2, -0.15) is 0 Å². The lowest BCUT2D eigenvalue weighted by Crippen LogP contribution is -2.45. The molecule has 0 aliphatic carbocycles. The molecule has 1 N–H and O–H groups in total. The zero-order valence-electron chi connectivity index (χ0n) is 12.2. The highest BCUT2D eigenvalue weighted by molar-refractivity contribution is 5.88. The zero-order valence-corrected chi connectivity index (χ0v) is 12.2. The maximum Gasteiger partial charge on any atom is 0.221 e. The quantitative estimate of drug-likeness (QED) is 0.890. The standard InChI is InChI=1S/C15H21N2O2/c1-10(19)16-11-6-7-12-13(8-11)15(4,5)17(9-18)14(12,2)3/h6-8H,9H2,1-5H3,(H,16,19). The highest BCUT2D eigenvalue weighted by atomic mass is 16.3. The van der Waals surface area contributed by atoms with Crippen LogP contribution in [0.4, 0.5) is 5.69 Å². The van der Waals surface area contributed by atoms with Crippen LogP contribution in [0.2, 0.25) is 0 Å². The second-order valence-corrected chi connectivity index (χ2v) is 6.12. The molecule has 0 unspecified atom stereocenters. The summed E-state index contributed by atoms with van der Waals surface area (Å²) in [7, 11) is 0. The Morgan fingerprint density at radius 2 is 1.74 bits per heavy atom. The molecule has 1 aliphatic rings. The van der Waals surface area contributed by atoms with Crippen molar-refractivity contribution in [1.82, 2.24) is 4.90 Å². The van der Waals surface area contributed by atoms with Crippen LogP contribution in [0.3, 0.4) is 0 Å². The van der Waals surface area contributed by atoms with Gasteiger partial charge in [0, 0.05) is 23.7 Å². The Morgan fingerprint density at radius 3 is 2.26 bits per heavy atom. The van der Waals surface area contributed by atoms with Gasteiger partial charge in [0.15, 0.2) is 0 Å². The first kappa shape index (κ1) is 14.0. The summed E-state index contributed by atoms with van der Waals surface area (Å²) in [5.41, 5.74) is 2.44. The summed E-state index contributed by atoms with van der Waals surface area (Å²) < 4.78 is 0. The molecule has 2 rings (SSSR count). The predicted octanol–water partition coefficient (Wildman–Crippen LogP) is 2.82. The molecule has 1 radical (unpaired) electrons. The number of carbonyl (C=O) groups is 1. The van der Waals surface area contributed by atoms with E-state index in [1.807, 2.05) is 23.1 Å². The molecule has 1 heterocycles. The van der Waals surface area contributed by atoms with Gasteiger partial charge in [0.05, 0.1) is 0 Å². The van der Waals surface area contributed by atoms with Gasteiger partial charge in [0.2, 0.25) is 5.91 Å². The van der Waals surface area contributed by atoms with E-state index in [2.05, 4.69) is 33.0 Å². The first-order valence-electron chi connectivity index (χ1n) is 6.49. The molecule has 0 aromatic heterocycles. The SMILES string of the molecule is CC(=O)Nc1ccc2c(c1)C(C)(C)N(C[O])C2(C)C. The lowest BCUT2D eigenvalue weighted by molar-refractivity contribution is -0.114. The maximum absolute atomic E-state index is 11.6. The van der Waals surface area contributed by atoms with Crippen LogP contribution in [-0.2, 0) is 21.0 Å². The van der Waals surface area contributed by atoms with Gasteiger partial charge in [-0.1, -0.05) is 6.07 Å². The lowest BCUT2D eigenvalue weighted by Gasteiger charge is -2.38. The molecular formula is C15H21N2O2. The summed E-state index contributed by atoms with van der Waals surface area (Å²) >= 11 is 0. The van der Waals surface area contributed by atoms with Crippen molar-refractivity contribution in [3.8, 4) is 0 Å². The number of carbonyl (C=O) groups excluding carboxylic acids is 1. The molecule has 0 fully saturated rings. The number of fused-ring (bicyclic) bond motifs is 1. The number of amides is 1. The minimum Gasteiger partial charge on any atom is -0.326 e. The molecule has 0 saturated heterocycles. The maximum atomic E-state index is 11.6. The first-order valence-corrected chi connectivity index (χ1v) is 6.49. The number of hydrogen-bond acceptors (Lipinski definition) is 2. The molecule has 0 atom stereocenters. The first-order chi connectivity index (χ1) is 8.71. The average Bonchev–Trinajstić information content (AvgIpc) is 2.41. The minimum absolute atomic E-state index is 0.0873. The molecule has 1 amide bonds. The van der Waals surface area contributed by atoms with Crippen LogP contribution in [0.15, 0.2) is 18.2 Å². The molecule has 1 aromatic carbocycles. The van der Waals surface area contributed by atoms with Crippen molar-refractivity contribution < 1.29 is 9.90 Å². The fourth-order valence-corrected chi connectivity index (χ4v) is 3.18. The van der Waals surface area contributed by atoms with Crippen molar-refractivity contribution in [2.75, 3.05) is 12.0 Å². The third-order valence-corrected chi connectivity index (χ3v) is 4.14. The Kier molecular flexibility index (Phi) is 3.19. The largest absolute Gasteiger partial charge is 0.326 e. The second-order valence-electron chi connectivity index (χ2n) is 6.12. The summed E-state index contributed by atoms with van der Waals surface area (Å²) in [5, 5.41) is 14.3. The van der Waals surface area contributed by atoms with Crippen LogP contribution in [0.5, 0.6) is 0 Å². The van der Waals surface area contributed by atoms with Gasteiger partial charge in [0.1, 0.15) is 6.73 Å². The van der Waals surface area contributed by atoms with E-state index in [0.717, 1.165) is 16.8 Å². The summed E-state index contributed by atoms with van der Waals surface area (Å²) in [4.78, 5) is 13.1. The van der Waals surface area contributed by atoms with Crippen LogP contribution in [0.25, 0.3) is 0 Å². The number of rotatable bonds is 2. The van der Waals surface area contributed by atoms with Crippen molar-refractivity contribution in [2.24, 2.45) is 0 Å². The van der Waals surface area contributed by atoms with Gasteiger partial charge in [-0.3, -0.25) is 9.69 Å². The van der Waals surface area contributed by atoms with Gasteiger partial charge in [-0.05, 0) is 51.0 Å². The molecule has 1 aromatic rings. The fraction of sp³-hybridized carbons (Fsp3) is 0.533.